The maximum absolute atomic E-state index is 9.63. The molecule has 0 aromatic carbocycles. The summed E-state index contributed by atoms with van der Waals surface area (Å²) in [4.78, 5) is 0. The van der Waals surface area contributed by atoms with E-state index >= 15 is 0 Å². The predicted molar refractivity (Wildman–Crippen MR) is 56.7 cm³/mol. The zero-order valence-electron chi connectivity index (χ0n) is 8.68. The molecule has 3 N–H and O–H groups in total. The van der Waals surface area contributed by atoms with Crippen LogP contribution in [0.15, 0.2) is 0 Å². The molecule has 3 nitrogen and oxygen atoms in total. The van der Waals surface area contributed by atoms with Crippen LogP contribution >= 0.6 is 0 Å². The van der Waals surface area contributed by atoms with Gasteiger partial charge in [-0.1, -0.05) is 0 Å². The van der Waals surface area contributed by atoms with Gasteiger partial charge in [-0.15, -0.1) is 0 Å². The molecule has 1 aliphatic heterocycles. The van der Waals surface area contributed by atoms with Gasteiger partial charge in [-0.2, -0.15) is 0 Å². The average molecular weight is 196 g/mol. The highest BCUT2D eigenvalue weighted by Crippen LogP contribution is 2.40. The van der Waals surface area contributed by atoms with Crippen molar-refractivity contribution in [3.05, 3.63) is 0 Å². The summed E-state index contributed by atoms with van der Waals surface area (Å²) in [6.07, 6.45) is 5.83. The minimum Gasteiger partial charge on any atom is -0.387 e. The van der Waals surface area contributed by atoms with Crippen molar-refractivity contribution in [2.45, 2.75) is 44.6 Å². The van der Waals surface area contributed by atoms with E-state index in [0.717, 1.165) is 32.4 Å². The lowest BCUT2D eigenvalue weighted by molar-refractivity contribution is 0.192. The Labute approximate surface area is 85.4 Å². The monoisotopic (exact) mass is 196 g/mol. The lowest BCUT2D eigenvalue weighted by atomic mass is 9.73. The van der Waals surface area contributed by atoms with Crippen molar-refractivity contribution in [2.75, 3.05) is 13.1 Å². The molecule has 1 saturated carbocycles. The summed E-state index contributed by atoms with van der Waals surface area (Å²) in [6, 6.07) is 0. The highest BCUT2D eigenvalue weighted by molar-refractivity contribution is 5.86. The Bertz CT molecular complexity index is 221. The van der Waals surface area contributed by atoms with Crippen molar-refractivity contribution in [3.63, 3.8) is 0 Å². The molecule has 80 valence electrons. The number of aliphatic hydroxyl groups excluding tert-OH is 1. The zero-order chi connectivity index (χ0) is 10.0. The van der Waals surface area contributed by atoms with Crippen molar-refractivity contribution >= 4 is 5.71 Å². The first-order chi connectivity index (χ1) is 6.72. The number of nitrogens with one attached hydrogen (secondary N) is 2. The topological polar surface area (TPSA) is 56.1 Å². The molecule has 0 amide bonds. The third-order valence-electron chi connectivity index (χ3n) is 3.82. The summed E-state index contributed by atoms with van der Waals surface area (Å²) in [5, 5.41) is 20.8. The molecule has 1 atom stereocenters. The van der Waals surface area contributed by atoms with Gasteiger partial charge in [0.1, 0.15) is 0 Å². The Balaban J connectivity index is 2.07. The molecule has 1 aliphatic carbocycles. The highest BCUT2D eigenvalue weighted by atomic mass is 16.3. The summed E-state index contributed by atoms with van der Waals surface area (Å²) in [5.74, 6) is 0. The van der Waals surface area contributed by atoms with Crippen LogP contribution in [0.4, 0.5) is 0 Å². The normalized spacial score (nSPS) is 32.9. The molecule has 1 spiro atoms. The third kappa shape index (κ3) is 1.98. The summed E-state index contributed by atoms with van der Waals surface area (Å²) < 4.78 is 0. The molecule has 2 fully saturated rings. The van der Waals surface area contributed by atoms with E-state index in [-0.39, 0.29) is 0 Å². The molecule has 1 heterocycles. The van der Waals surface area contributed by atoms with E-state index < -0.39 is 6.10 Å². The first kappa shape index (κ1) is 10.1. The molecule has 3 heteroatoms. The van der Waals surface area contributed by atoms with Crippen molar-refractivity contribution in [1.29, 1.82) is 5.41 Å². The minimum absolute atomic E-state index is 0.347. The number of rotatable bonds is 0. The number of piperidine rings is 1. The van der Waals surface area contributed by atoms with Gasteiger partial charge in [0.15, 0.2) is 0 Å². The maximum Gasteiger partial charge on any atom is 0.0914 e. The van der Waals surface area contributed by atoms with Crippen LogP contribution in [0.3, 0.4) is 0 Å². The SMILES string of the molecule is N=C1CC2(CCCC1O)CCNCC2. The molecule has 2 aliphatic rings. The van der Waals surface area contributed by atoms with Crippen molar-refractivity contribution < 1.29 is 5.11 Å². The van der Waals surface area contributed by atoms with Gasteiger partial charge in [-0.05, 0) is 57.0 Å². The molecular formula is C11H20N2O. The van der Waals surface area contributed by atoms with Gasteiger partial charge in [0.25, 0.3) is 0 Å². The van der Waals surface area contributed by atoms with Crippen LogP contribution < -0.4 is 5.32 Å². The number of hydrogen-bond donors (Lipinski definition) is 3. The zero-order valence-corrected chi connectivity index (χ0v) is 8.68. The van der Waals surface area contributed by atoms with Gasteiger partial charge >= 0.3 is 0 Å². The Morgan fingerprint density at radius 1 is 1.29 bits per heavy atom. The standard InChI is InChI=1S/C11H20N2O/c12-9-8-11(3-1-2-10(9)14)4-6-13-7-5-11/h10,12-14H,1-8H2. The van der Waals surface area contributed by atoms with Crippen LogP contribution in [0.1, 0.15) is 38.5 Å². The largest absolute Gasteiger partial charge is 0.387 e. The third-order valence-corrected chi connectivity index (χ3v) is 3.82. The Morgan fingerprint density at radius 3 is 2.71 bits per heavy atom. The van der Waals surface area contributed by atoms with Crippen molar-refractivity contribution in [2.24, 2.45) is 5.41 Å². The van der Waals surface area contributed by atoms with Gasteiger partial charge < -0.3 is 15.8 Å². The second kappa shape index (κ2) is 3.99. The van der Waals surface area contributed by atoms with Crippen LogP contribution in [-0.2, 0) is 0 Å². The van der Waals surface area contributed by atoms with E-state index in [9.17, 15) is 5.11 Å². The van der Waals surface area contributed by atoms with Gasteiger partial charge in [0.05, 0.1) is 6.10 Å². The second-order valence-corrected chi connectivity index (χ2v) is 4.86. The summed E-state index contributed by atoms with van der Waals surface area (Å²) in [7, 11) is 0. The lowest BCUT2D eigenvalue weighted by Gasteiger charge is -2.36. The molecule has 1 saturated heterocycles. The van der Waals surface area contributed by atoms with E-state index in [2.05, 4.69) is 5.32 Å². The van der Waals surface area contributed by atoms with Crippen LogP contribution in [-0.4, -0.2) is 30.0 Å². The van der Waals surface area contributed by atoms with Gasteiger partial charge in [0, 0.05) is 5.71 Å². The summed E-state index contributed by atoms with van der Waals surface area (Å²) in [5.41, 5.74) is 0.921. The molecule has 0 radical (unpaired) electrons. The van der Waals surface area contributed by atoms with E-state index in [1.807, 2.05) is 0 Å². The Kier molecular flexibility index (Phi) is 2.88. The van der Waals surface area contributed by atoms with Crippen LogP contribution in [0, 0.1) is 10.8 Å². The van der Waals surface area contributed by atoms with Crippen LogP contribution in [0.2, 0.25) is 0 Å². The first-order valence-electron chi connectivity index (χ1n) is 5.68. The Hall–Kier alpha value is -0.410. The van der Waals surface area contributed by atoms with E-state index in [1.54, 1.807) is 0 Å². The first-order valence-corrected chi connectivity index (χ1v) is 5.68. The number of hydrogen-bond acceptors (Lipinski definition) is 3. The van der Waals surface area contributed by atoms with Crippen molar-refractivity contribution in [3.8, 4) is 0 Å². The fourth-order valence-corrected chi connectivity index (χ4v) is 2.84. The molecule has 1 unspecified atom stereocenters. The van der Waals surface area contributed by atoms with Crippen LogP contribution in [0.25, 0.3) is 0 Å². The fourth-order valence-electron chi connectivity index (χ4n) is 2.84. The van der Waals surface area contributed by atoms with Crippen LogP contribution in [0.5, 0.6) is 0 Å². The predicted octanol–water partition coefficient (Wildman–Crippen LogP) is 1.31. The summed E-state index contributed by atoms with van der Waals surface area (Å²) in [6.45, 7) is 2.17. The lowest BCUT2D eigenvalue weighted by Crippen LogP contribution is -2.38. The summed E-state index contributed by atoms with van der Waals surface area (Å²) >= 11 is 0. The Morgan fingerprint density at radius 2 is 2.00 bits per heavy atom. The minimum atomic E-state index is -0.454. The molecule has 2 rings (SSSR count). The highest BCUT2D eigenvalue weighted by Gasteiger charge is 2.36. The smallest absolute Gasteiger partial charge is 0.0914 e. The van der Waals surface area contributed by atoms with Gasteiger partial charge in [0.2, 0.25) is 0 Å². The quantitative estimate of drug-likeness (QED) is 0.547. The van der Waals surface area contributed by atoms with E-state index in [4.69, 9.17) is 5.41 Å². The average Bonchev–Trinajstić information content (AvgIpc) is 2.30. The van der Waals surface area contributed by atoms with Gasteiger partial charge in [-0.3, -0.25) is 0 Å². The van der Waals surface area contributed by atoms with E-state index in [1.165, 1.54) is 19.3 Å². The second-order valence-electron chi connectivity index (χ2n) is 4.86. The molecule has 14 heavy (non-hydrogen) atoms. The molecular weight excluding hydrogens is 176 g/mol. The molecule has 0 aromatic heterocycles. The van der Waals surface area contributed by atoms with E-state index in [0.29, 0.717) is 11.1 Å². The molecule has 0 aromatic rings. The maximum atomic E-state index is 9.63. The fraction of sp³-hybridized carbons (Fsp3) is 0.909. The number of aliphatic hydroxyl groups is 1. The molecule has 0 bridgehead atoms. The van der Waals surface area contributed by atoms with Crippen molar-refractivity contribution in [1.82, 2.24) is 5.32 Å². The van der Waals surface area contributed by atoms with Gasteiger partial charge in [-0.25, -0.2) is 0 Å².